The van der Waals surface area contributed by atoms with Crippen LogP contribution in [0.1, 0.15) is 5.56 Å². The van der Waals surface area contributed by atoms with Crippen LogP contribution in [0, 0.1) is 0 Å². The lowest BCUT2D eigenvalue weighted by Gasteiger charge is -2.20. The first-order valence-electron chi connectivity index (χ1n) is 6.11. The van der Waals surface area contributed by atoms with Gasteiger partial charge in [-0.25, -0.2) is 0 Å². The number of benzene rings is 1. The fourth-order valence-electron chi connectivity index (χ4n) is 1.73. The van der Waals surface area contributed by atoms with Crippen LogP contribution < -0.4 is 15.2 Å². The van der Waals surface area contributed by atoms with Crippen LogP contribution in [-0.2, 0) is 15.3 Å². The minimum Gasteiger partial charge on any atom is -0.486 e. The van der Waals surface area contributed by atoms with E-state index in [1.165, 1.54) is 7.11 Å². The van der Waals surface area contributed by atoms with Crippen LogP contribution in [0.5, 0.6) is 11.5 Å². The van der Waals surface area contributed by atoms with Gasteiger partial charge in [0.1, 0.15) is 19.3 Å². The third-order valence-electron chi connectivity index (χ3n) is 2.77. The van der Waals surface area contributed by atoms with Crippen molar-refractivity contribution in [1.29, 1.82) is 0 Å². The van der Waals surface area contributed by atoms with Crippen molar-refractivity contribution in [2.75, 3.05) is 26.1 Å². The van der Waals surface area contributed by atoms with E-state index in [1.54, 1.807) is 11.8 Å². The molecule has 1 unspecified atom stereocenters. The van der Waals surface area contributed by atoms with Gasteiger partial charge in [-0.15, -0.1) is 0 Å². The van der Waals surface area contributed by atoms with Crippen LogP contribution in [0.4, 0.5) is 0 Å². The maximum atomic E-state index is 11.2. The highest BCUT2D eigenvalue weighted by atomic mass is 79.9. The normalized spacial score (nSPS) is 14.8. The summed E-state index contributed by atoms with van der Waals surface area (Å²) in [6.45, 7) is 1.13. The number of carbonyl (C=O) groups is 1. The topological polar surface area (TPSA) is 70.8 Å². The van der Waals surface area contributed by atoms with Gasteiger partial charge in [-0.3, -0.25) is 4.79 Å². The SMILES string of the molecule is COC(=O)C(N)CSCc1cc2c(cc1Br)OCCO2. The average molecular weight is 362 g/mol. The molecule has 2 rings (SSSR count). The van der Waals surface area contributed by atoms with E-state index in [1.807, 2.05) is 12.1 Å². The minimum absolute atomic E-state index is 0.390. The van der Waals surface area contributed by atoms with Crippen molar-refractivity contribution in [3.63, 3.8) is 0 Å². The van der Waals surface area contributed by atoms with Crippen LogP contribution in [0.2, 0.25) is 0 Å². The van der Waals surface area contributed by atoms with E-state index < -0.39 is 12.0 Å². The second-order valence-corrected chi connectivity index (χ2v) is 6.12. The number of thioether (sulfide) groups is 1. The second-order valence-electron chi connectivity index (χ2n) is 4.23. The van der Waals surface area contributed by atoms with E-state index in [2.05, 4.69) is 20.7 Å². The molecule has 0 aromatic heterocycles. The summed E-state index contributed by atoms with van der Waals surface area (Å²) in [5, 5.41) is 0. The highest BCUT2D eigenvalue weighted by Gasteiger charge is 2.16. The van der Waals surface area contributed by atoms with Crippen molar-refractivity contribution in [1.82, 2.24) is 0 Å². The van der Waals surface area contributed by atoms with Crippen LogP contribution in [0.25, 0.3) is 0 Å². The standard InChI is InChI=1S/C13H16BrNO4S/c1-17-13(16)10(15)7-20-6-8-4-11-12(5-9(8)14)19-3-2-18-11/h4-5,10H,2-3,6-7,15H2,1H3. The Morgan fingerprint density at radius 2 is 2.10 bits per heavy atom. The fourth-order valence-corrected chi connectivity index (χ4v) is 3.35. The molecule has 1 aliphatic heterocycles. The number of ether oxygens (including phenoxy) is 3. The molecule has 0 bridgehead atoms. The number of esters is 1. The van der Waals surface area contributed by atoms with Crippen molar-refractivity contribution in [3.8, 4) is 11.5 Å². The van der Waals surface area contributed by atoms with Gasteiger partial charge in [0, 0.05) is 16.0 Å². The molecule has 20 heavy (non-hydrogen) atoms. The second kappa shape index (κ2) is 7.19. The Labute approximate surface area is 130 Å². The van der Waals surface area contributed by atoms with E-state index >= 15 is 0 Å². The van der Waals surface area contributed by atoms with E-state index in [-0.39, 0.29) is 0 Å². The summed E-state index contributed by atoms with van der Waals surface area (Å²) >= 11 is 5.08. The number of carbonyl (C=O) groups excluding carboxylic acids is 1. The zero-order valence-corrected chi connectivity index (χ0v) is 13.5. The summed E-state index contributed by atoms with van der Waals surface area (Å²) in [6, 6.07) is 3.26. The first-order valence-corrected chi connectivity index (χ1v) is 8.05. The summed E-state index contributed by atoms with van der Waals surface area (Å²) in [7, 11) is 1.34. The fraction of sp³-hybridized carbons (Fsp3) is 0.462. The van der Waals surface area contributed by atoms with Crippen LogP contribution in [0.3, 0.4) is 0 Å². The first kappa shape index (κ1) is 15.5. The molecule has 1 atom stereocenters. The molecule has 0 spiro atoms. The monoisotopic (exact) mass is 361 g/mol. The van der Waals surface area contributed by atoms with E-state index in [9.17, 15) is 4.79 Å². The van der Waals surface area contributed by atoms with Gasteiger partial charge < -0.3 is 19.9 Å². The van der Waals surface area contributed by atoms with Gasteiger partial charge in [-0.2, -0.15) is 11.8 Å². The summed E-state index contributed by atoms with van der Waals surface area (Å²) < 4.78 is 16.6. The number of methoxy groups -OCH3 is 1. The molecule has 5 nitrogen and oxygen atoms in total. The number of rotatable bonds is 5. The third-order valence-corrected chi connectivity index (χ3v) is 4.62. The smallest absolute Gasteiger partial charge is 0.323 e. The van der Waals surface area contributed by atoms with Crippen molar-refractivity contribution in [2.45, 2.75) is 11.8 Å². The van der Waals surface area contributed by atoms with Crippen LogP contribution in [0.15, 0.2) is 16.6 Å². The molecule has 2 N–H and O–H groups in total. The number of halogens is 1. The van der Waals surface area contributed by atoms with Gasteiger partial charge in [0.2, 0.25) is 0 Å². The maximum Gasteiger partial charge on any atom is 0.323 e. The maximum absolute atomic E-state index is 11.2. The zero-order chi connectivity index (χ0) is 14.5. The third kappa shape index (κ3) is 3.80. The molecule has 0 amide bonds. The minimum atomic E-state index is -0.596. The van der Waals surface area contributed by atoms with E-state index in [0.29, 0.717) is 19.0 Å². The molecule has 1 aliphatic rings. The highest BCUT2D eigenvalue weighted by molar-refractivity contribution is 9.10. The Morgan fingerprint density at radius 1 is 1.45 bits per heavy atom. The summed E-state index contributed by atoms with van der Waals surface area (Å²) in [4.78, 5) is 11.2. The largest absolute Gasteiger partial charge is 0.486 e. The Morgan fingerprint density at radius 3 is 2.75 bits per heavy atom. The van der Waals surface area contributed by atoms with Crippen molar-refractivity contribution in [3.05, 3.63) is 22.2 Å². The molecule has 1 aromatic rings. The molecule has 0 aliphatic carbocycles. The highest BCUT2D eigenvalue weighted by Crippen LogP contribution is 2.36. The summed E-state index contributed by atoms with van der Waals surface area (Å²) in [6.07, 6.45) is 0. The average Bonchev–Trinajstić information content (AvgIpc) is 2.46. The Balaban J connectivity index is 1.94. The lowest BCUT2D eigenvalue weighted by Crippen LogP contribution is -2.33. The lowest BCUT2D eigenvalue weighted by atomic mass is 10.2. The molecule has 110 valence electrons. The van der Waals surface area contributed by atoms with E-state index in [4.69, 9.17) is 15.2 Å². The Bertz CT molecular complexity index is 498. The molecule has 1 aromatic carbocycles. The van der Waals surface area contributed by atoms with Gasteiger partial charge in [0.15, 0.2) is 11.5 Å². The molecular weight excluding hydrogens is 346 g/mol. The van der Waals surface area contributed by atoms with Crippen molar-refractivity contribution < 1.29 is 19.0 Å². The predicted octanol–water partition coefficient (Wildman–Crippen LogP) is 1.95. The zero-order valence-electron chi connectivity index (χ0n) is 11.1. The van der Waals surface area contributed by atoms with Crippen molar-refractivity contribution in [2.24, 2.45) is 5.73 Å². The number of hydrogen-bond donors (Lipinski definition) is 1. The van der Waals surface area contributed by atoms with E-state index in [0.717, 1.165) is 27.3 Å². The molecular formula is C13H16BrNO4S. The van der Waals surface area contributed by atoms with Crippen LogP contribution in [-0.4, -0.2) is 38.1 Å². The Hall–Kier alpha value is -0.920. The van der Waals surface area contributed by atoms with Gasteiger partial charge >= 0.3 is 5.97 Å². The number of nitrogens with two attached hydrogens (primary N) is 1. The molecule has 0 fully saturated rings. The molecule has 0 radical (unpaired) electrons. The quantitative estimate of drug-likeness (QED) is 0.808. The van der Waals surface area contributed by atoms with Crippen LogP contribution >= 0.6 is 27.7 Å². The lowest BCUT2D eigenvalue weighted by molar-refractivity contribution is -0.141. The van der Waals surface area contributed by atoms with Crippen molar-refractivity contribution >= 4 is 33.7 Å². The molecule has 7 heteroatoms. The summed E-state index contributed by atoms with van der Waals surface area (Å²) in [5.74, 6) is 2.35. The first-order chi connectivity index (χ1) is 9.61. The molecule has 0 saturated carbocycles. The predicted molar refractivity (Wildman–Crippen MR) is 81.3 cm³/mol. The van der Waals surface area contributed by atoms with Gasteiger partial charge in [-0.05, 0) is 17.7 Å². The van der Waals surface area contributed by atoms with Gasteiger partial charge in [0.25, 0.3) is 0 Å². The summed E-state index contributed by atoms with van der Waals surface area (Å²) in [5.41, 5.74) is 6.77. The molecule has 0 saturated heterocycles. The van der Waals surface area contributed by atoms with Gasteiger partial charge in [-0.1, -0.05) is 15.9 Å². The Kier molecular flexibility index (Phi) is 5.56. The molecule has 1 heterocycles. The van der Waals surface area contributed by atoms with Gasteiger partial charge in [0.05, 0.1) is 7.11 Å². The number of fused-ring (bicyclic) bond motifs is 1. The number of hydrogen-bond acceptors (Lipinski definition) is 6.